The van der Waals surface area contributed by atoms with Gasteiger partial charge in [-0.15, -0.1) is 0 Å². The van der Waals surface area contributed by atoms with E-state index in [1.807, 2.05) is 12.4 Å². The lowest BCUT2D eigenvalue weighted by Crippen LogP contribution is -2.36. The van der Waals surface area contributed by atoms with Crippen molar-refractivity contribution in [3.05, 3.63) is 42.9 Å². The van der Waals surface area contributed by atoms with Crippen molar-refractivity contribution in [2.24, 2.45) is 5.92 Å². The number of nitrogens with zero attached hydrogens (tertiary/aromatic N) is 3. The molecule has 3 heterocycles. The molecule has 1 aliphatic rings. The molecule has 0 amide bonds. The summed E-state index contributed by atoms with van der Waals surface area (Å²) in [5, 5.41) is 12.6. The predicted molar refractivity (Wildman–Crippen MR) is 120 cm³/mol. The fourth-order valence-electron chi connectivity index (χ4n) is 3.94. The van der Waals surface area contributed by atoms with Crippen molar-refractivity contribution in [1.29, 1.82) is 0 Å². The Morgan fingerprint density at radius 2 is 1.76 bits per heavy atom. The summed E-state index contributed by atoms with van der Waals surface area (Å²) in [6.07, 6.45) is 7.94. The standard InChI is InChI=1S/C23H30N6/c1-15(2)27-23-14-25-13-21(29-23)18-4-5-19-12-26-22(11-20(19)10-18)28-16(3)17-6-8-24-9-7-17/h4-5,10-17,24H,6-9H2,1-3H3,(H,26,28)(H,27,29). The monoisotopic (exact) mass is 390 g/mol. The van der Waals surface area contributed by atoms with Crippen molar-refractivity contribution in [2.75, 3.05) is 23.7 Å². The molecule has 152 valence electrons. The van der Waals surface area contributed by atoms with E-state index < -0.39 is 0 Å². The number of benzene rings is 1. The van der Waals surface area contributed by atoms with Crippen LogP contribution in [0.4, 0.5) is 11.6 Å². The van der Waals surface area contributed by atoms with Crippen LogP contribution in [-0.2, 0) is 0 Å². The van der Waals surface area contributed by atoms with E-state index in [1.165, 1.54) is 12.8 Å². The van der Waals surface area contributed by atoms with Gasteiger partial charge in [0.25, 0.3) is 0 Å². The van der Waals surface area contributed by atoms with E-state index in [1.54, 1.807) is 6.20 Å². The number of hydrogen-bond acceptors (Lipinski definition) is 6. The Kier molecular flexibility index (Phi) is 5.90. The topological polar surface area (TPSA) is 74.8 Å². The SMILES string of the molecule is CC(C)Nc1cncc(-c2ccc3cnc(NC(C)C4CCNCC4)cc3c2)n1. The van der Waals surface area contributed by atoms with Crippen LogP contribution >= 0.6 is 0 Å². The van der Waals surface area contributed by atoms with E-state index in [0.717, 1.165) is 46.8 Å². The summed E-state index contributed by atoms with van der Waals surface area (Å²) in [5.74, 6) is 2.42. The summed E-state index contributed by atoms with van der Waals surface area (Å²) < 4.78 is 0. The first-order valence-electron chi connectivity index (χ1n) is 10.5. The third-order valence-corrected chi connectivity index (χ3v) is 5.56. The van der Waals surface area contributed by atoms with Crippen molar-refractivity contribution >= 4 is 22.4 Å². The molecule has 0 spiro atoms. The number of hydrogen-bond donors (Lipinski definition) is 3. The molecular weight excluding hydrogens is 360 g/mol. The van der Waals surface area contributed by atoms with Crippen LogP contribution in [0, 0.1) is 5.92 Å². The minimum atomic E-state index is 0.317. The molecule has 0 radical (unpaired) electrons. The molecule has 2 aromatic heterocycles. The Morgan fingerprint density at radius 3 is 2.55 bits per heavy atom. The average molecular weight is 391 g/mol. The van der Waals surface area contributed by atoms with Crippen LogP contribution in [-0.4, -0.2) is 40.1 Å². The first-order chi connectivity index (χ1) is 14.1. The molecule has 1 unspecified atom stereocenters. The third-order valence-electron chi connectivity index (χ3n) is 5.56. The maximum Gasteiger partial charge on any atom is 0.145 e. The number of aromatic nitrogens is 3. The van der Waals surface area contributed by atoms with Gasteiger partial charge < -0.3 is 16.0 Å². The lowest BCUT2D eigenvalue weighted by molar-refractivity contribution is 0.342. The maximum absolute atomic E-state index is 4.71. The summed E-state index contributed by atoms with van der Waals surface area (Å²) in [6.45, 7) is 8.67. The molecule has 1 fully saturated rings. The molecule has 29 heavy (non-hydrogen) atoms. The van der Waals surface area contributed by atoms with Crippen LogP contribution in [0.3, 0.4) is 0 Å². The molecule has 1 aromatic carbocycles. The van der Waals surface area contributed by atoms with Gasteiger partial charge in [-0.1, -0.05) is 12.1 Å². The Bertz CT molecular complexity index is 964. The molecule has 6 heteroatoms. The zero-order chi connectivity index (χ0) is 20.2. The minimum Gasteiger partial charge on any atom is -0.367 e. The number of nitrogens with one attached hydrogen (secondary N) is 3. The Morgan fingerprint density at radius 1 is 0.931 bits per heavy atom. The summed E-state index contributed by atoms with van der Waals surface area (Å²) in [6, 6.07) is 9.22. The van der Waals surface area contributed by atoms with E-state index in [4.69, 9.17) is 4.98 Å². The number of piperidine rings is 1. The van der Waals surface area contributed by atoms with E-state index in [2.05, 4.69) is 71.0 Å². The second-order valence-corrected chi connectivity index (χ2v) is 8.24. The van der Waals surface area contributed by atoms with Gasteiger partial charge in [0, 0.05) is 29.2 Å². The lowest BCUT2D eigenvalue weighted by Gasteiger charge is -2.29. The van der Waals surface area contributed by atoms with Crippen LogP contribution in [0.2, 0.25) is 0 Å². The fraction of sp³-hybridized carbons (Fsp3) is 0.435. The third kappa shape index (κ3) is 4.82. The van der Waals surface area contributed by atoms with Crippen LogP contribution in [0.25, 0.3) is 22.0 Å². The highest BCUT2D eigenvalue weighted by Crippen LogP contribution is 2.26. The highest BCUT2D eigenvalue weighted by Gasteiger charge is 2.20. The van der Waals surface area contributed by atoms with Gasteiger partial charge in [-0.2, -0.15) is 0 Å². The first-order valence-corrected chi connectivity index (χ1v) is 10.5. The van der Waals surface area contributed by atoms with Crippen molar-refractivity contribution in [3.63, 3.8) is 0 Å². The van der Waals surface area contributed by atoms with Gasteiger partial charge in [0.15, 0.2) is 0 Å². The average Bonchev–Trinajstić information content (AvgIpc) is 2.73. The Hall–Kier alpha value is -2.73. The minimum absolute atomic E-state index is 0.317. The quantitative estimate of drug-likeness (QED) is 0.582. The highest BCUT2D eigenvalue weighted by molar-refractivity contribution is 5.88. The smallest absolute Gasteiger partial charge is 0.145 e. The van der Waals surface area contributed by atoms with Gasteiger partial charge in [0.05, 0.1) is 18.1 Å². The molecule has 3 aromatic rings. The van der Waals surface area contributed by atoms with E-state index in [-0.39, 0.29) is 0 Å². The predicted octanol–water partition coefficient (Wildman–Crippen LogP) is 4.31. The molecule has 1 aliphatic heterocycles. The van der Waals surface area contributed by atoms with E-state index in [0.29, 0.717) is 18.0 Å². The van der Waals surface area contributed by atoms with Gasteiger partial charge in [-0.3, -0.25) is 4.98 Å². The molecule has 1 saturated heterocycles. The summed E-state index contributed by atoms with van der Waals surface area (Å²) >= 11 is 0. The number of fused-ring (bicyclic) bond motifs is 1. The second kappa shape index (κ2) is 8.74. The maximum atomic E-state index is 4.71. The van der Waals surface area contributed by atoms with Gasteiger partial charge in [0.1, 0.15) is 11.6 Å². The molecule has 0 bridgehead atoms. The van der Waals surface area contributed by atoms with E-state index in [9.17, 15) is 0 Å². The summed E-state index contributed by atoms with van der Waals surface area (Å²) in [4.78, 5) is 13.7. The van der Waals surface area contributed by atoms with Gasteiger partial charge in [0.2, 0.25) is 0 Å². The number of anilines is 2. The molecule has 0 saturated carbocycles. The zero-order valence-electron chi connectivity index (χ0n) is 17.4. The molecule has 4 rings (SSSR count). The van der Waals surface area contributed by atoms with Gasteiger partial charge in [-0.05, 0) is 70.1 Å². The van der Waals surface area contributed by atoms with Crippen LogP contribution in [0.15, 0.2) is 42.9 Å². The normalized spacial score (nSPS) is 16.1. The number of pyridine rings is 1. The van der Waals surface area contributed by atoms with Crippen molar-refractivity contribution < 1.29 is 0 Å². The van der Waals surface area contributed by atoms with Gasteiger partial charge in [-0.25, -0.2) is 9.97 Å². The van der Waals surface area contributed by atoms with E-state index >= 15 is 0 Å². The van der Waals surface area contributed by atoms with Crippen molar-refractivity contribution in [3.8, 4) is 11.3 Å². The molecule has 0 aliphatic carbocycles. The van der Waals surface area contributed by atoms with Crippen molar-refractivity contribution in [1.82, 2.24) is 20.3 Å². The number of rotatable bonds is 6. The van der Waals surface area contributed by atoms with Crippen LogP contribution in [0.5, 0.6) is 0 Å². The lowest BCUT2D eigenvalue weighted by atomic mass is 9.91. The van der Waals surface area contributed by atoms with Gasteiger partial charge >= 0.3 is 0 Å². The fourth-order valence-corrected chi connectivity index (χ4v) is 3.94. The van der Waals surface area contributed by atoms with Crippen molar-refractivity contribution in [2.45, 2.75) is 45.7 Å². The molecule has 6 nitrogen and oxygen atoms in total. The Labute approximate surface area is 172 Å². The Balaban J connectivity index is 1.57. The highest BCUT2D eigenvalue weighted by atomic mass is 15.0. The van der Waals surface area contributed by atoms with Crippen LogP contribution < -0.4 is 16.0 Å². The summed E-state index contributed by atoms with van der Waals surface area (Å²) in [7, 11) is 0. The van der Waals surface area contributed by atoms with Crippen LogP contribution in [0.1, 0.15) is 33.6 Å². The molecule has 3 N–H and O–H groups in total. The largest absolute Gasteiger partial charge is 0.367 e. The first kappa shape index (κ1) is 19.6. The zero-order valence-corrected chi connectivity index (χ0v) is 17.4. The molecular formula is C23H30N6. The second-order valence-electron chi connectivity index (χ2n) is 8.24. The summed E-state index contributed by atoms with van der Waals surface area (Å²) in [5.41, 5.74) is 1.92. The molecule has 1 atom stereocenters.